The number of halogens is 1. The van der Waals surface area contributed by atoms with Crippen LogP contribution >= 0.6 is 11.6 Å². The zero-order chi connectivity index (χ0) is 9.97. The highest BCUT2D eigenvalue weighted by Crippen LogP contribution is 2.18. The van der Waals surface area contributed by atoms with Crippen LogP contribution in [0.5, 0.6) is 0 Å². The van der Waals surface area contributed by atoms with E-state index in [2.05, 4.69) is 10.3 Å². The molecule has 14 heavy (non-hydrogen) atoms. The van der Waals surface area contributed by atoms with Crippen LogP contribution < -0.4 is 5.73 Å². The van der Waals surface area contributed by atoms with Crippen molar-refractivity contribution in [2.45, 2.75) is 6.54 Å². The fourth-order valence-electron chi connectivity index (χ4n) is 1.21. The van der Waals surface area contributed by atoms with Crippen LogP contribution in [0, 0.1) is 0 Å². The predicted octanol–water partition coefficient (Wildman–Crippen LogP) is 1.38. The van der Waals surface area contributed by atoms with E-state index in [9.17, 15) is 0 Å². The molecule has 4 nitrogen and oxygen atoms in total. The van der Waals surface area contributed by atoms with E-state index in [-0.39, 0.29) is 0 Å². The lowest BCUT2D eigenvalue weighted by Gasteiger charge is -2.04. The molecule has 0 bridgehead atoms. The van der Waals surface area contributed by atoms with Crippen LogP contribution in [0.4, 0.5) is 0 Å². The van der Waals surface area contributed by atoms with E-state index < -0.39 is 0 Å². The van der Waals surface area contributed by atoms with Gasteiger partial charge >= 0.3 is 0 Å². The van der Waals surface area contributed by atoms with Gasteiger partial charge in [0, 0.05) is 11.6 Å². The summed E-state index contributed by atoms with van der Waals surface area (Å²) in [6.07, 6.45) is 3.39. The normalized spacial score (nSPS) is 10.4. The molecule has 0 radical (unpaired) electrons. The molecule has 0 aliphatic carbocycles. The Morgan fingerprint density at radius 3 is 2.93 bits per heavy atom. The van der Waals surface area contributed by atoms with Crippen LogP contribution in [0.2, 0.25) is 5.02 Å². The maximum atomic E-state index is 5.93. The van der Waals surface area contributed by atoms with Gasteiger partial charge in [0.25, 0.3) is 0 Å². The second-order valence-electron chi connectivity index (χ2n) is 2.83. The molecule has 0 aliphatic heterocycles. The van der Waals surface area contributed by atoms with Crippen LogP contribution in [0.1, 0.15) is 5.56 Å². The van der Waals surface area contributed by atoms with Gasteiger partial charge in [0.05, 0.1) is 18.1 Å². The molecule has 1 heterocycles. The summed E-state index contributed by atoms with van der Waals surface area (Å²) in [6, 6.07) is 5.58. The van der Waals surface area contributed by atoms with Gasteiger partial charge in [0.15, 0.2) is 0 Å². The summed E-state index contributed by atoms with van der Waals surface area (Å²) >= 11 is 5.93. The summed E-state index contributed by atoms with van der Waals surface area (Å²) in [7, 11) is 0. The molecule has 0 aliphatic rings. The van der Waals surface area contributed by atoms with Gasteiger partial charge in [-0.3, -0.25) is 0 Å². The third-order valence-corrected chi connectivity index (χ3v) is 2.31. The minimum Gasteiger partial charge on any atom is -0.326 e. The monoisotopic (exact) mass is 208 g/mol. The molecule has 2 N–H and O–H groups in total. The van der Waals surface area contributed by atoms with Gasteiger partial charge in [-0.2, -0.15) is 0 Å². The fraction of sp³-hybridized carbons (Fsp3) is 0.111. The summed E-state index contributed by atoms with van der Waals surface area (Å²) in [5.41, 5.74) is 7.36. The lowest BCUT2D eigenvalue weighted by Crippen LogP contribution is -2.01. The van der Waals surface area contributed by atoms with Crippen molar-refractivity contribution in [3.05, 3.63) is 41.2 Å². The van der Waals surface area contributed by atoms with Crippen molar-refractivity contribution in [2.24, 2.45) is 5.73 Å². The molecule has 72 valence electrons. The lowest BCUT2D eigenvalue weighted by atomic mass is 10.2. The van der Waals surface area contributed by atoms with Gasteiger partial charge in [-0.15, -0.1) is 5.10 Å². The molecule has 0 amide bonds. The largest absolute Gasteiger partial charge is 0.326 e. The maximum Gasteiger partial charge on any atom is 0.0697 e. The topological polar surface area (TPSA) is 56.7 Å². The maximum absolute atomic E-state index is 5.93. The van der Waals surface area contributed by atoms with Gasteiger partial charge < -0.3 is 5.73 Å². The average Bonchev–Trinajstić information content (AvgIpc) is 2.71. The first-order chi connectivity index (χ1) is 6.81. The number of aromatic nitrogens is 3. The van der Waals surface area contributed by atoms with E-state index >= 15 is 0 Å². The number of benzene rings is 1. The summed E-state index contributed by atoms with van der Waals surface area (Å²) in [5, 5.41) is 8.28. The number of hydrogen-bond acceptors (Lipinski definition) is 3. The minimum atomic E-state index is 0.418. The Hall–Kier alpha value is -1.39. The van der Waals surface area contributed by atoms with Gasteiger partial charge in [-0.05, 0) is 23.8 Å². The van der Waals surface area contributed by atoms with Crippen molar-refractivity contribution in [3.63, 3.8) is 0 Å². The zero-order valence-corrected chi connectivity index (χ0v) is 8.15. The molecule has 2 aromatic rings. The summed E-state index contributed by atoms with van der Waals surface area (Å²) < 4.78 is 1.66. The van der Waals surface area contributed by atoms with Gasteiger partial charge in [-0.25, -0.2) is 4.68 Å². The van der Waals surface area contributed by atoms with Crippen LogP contribution in [-0.4, -0.2) is 15.0 Å². The second kappa shape index (κ2) is 3.77. The van der Waals surface area contributed by atoms with Crippen molar-refractivity contribution in [3.8, 4) is 5.69 Å². The summed E-state index contributed by atoms with van der Waals surface area (Å²) in [4.78, 5) is 0. The van der Waals surface area contributed by atoms with Crippen LogP contribution in [0.15, 0.2) is 30.6 Å². The Labute approximate surface area is 86.3 Å². The molecule has 5 heteroatoms. The van der Waals surface area contributed by atoms with Crippen molar-refractivity contribution in [2.75, 3.05) is 0 Å². The molecular weight excluding hydrogens is 200 g/mol. The number of rotatable bonds is 2. The molecule has 0 spiro atoms. The Morgan fingerprint density at radius 1 is 1.43 bits per heavy atom. The molecule has 0 atom stereocenters. The highest BCUT2D eigenvalue weighted by atomic mass is 35.5. The lowest BCUT2D eigenvalue weighted by molar-refractivity contribution is 0.801. The Balaban J connectivity index is 2.46. The number of nitrogens with zero attached hydrogens (tertiary/aromatic N) is 3. The average molecular weight is 209 g/mol. The third kappa shape index (κ3) is 1.62. The van der Waals surface area contributed by atoms with Gasteiger partial charge in [0.1, 0.15) is 0 Å². The Kier molecular flexibility index (Phi) is 2.47. The first kappa shape index (κ1) is 9.18. The third-order valence-electron chi connectivity index (χ3n) is 1.94. The molecule has 1 aromatic heterocycles. The van der Waals surface area contributed by atoms with Crippen LogP contribution in [-0.2, 0) is 6.54 Å². The van der Waals surface area contributed by atoms with E-state index in [0.29, 0.717) is 11.6 Å². The highest BCUT2D eigenvalue weighted by Gasteiger charge is 2.02. The molecule has 0 saturated heterocycles. The molecule has 2 rings (SSSR count). The molecule has 0 unspecified atom stereocenters. The van der Waals surface area contributed by atoms with Crippen molar-refractivity contribution in [1.82, 2.24) is 15.0 Å². The Morgan fingerprint density at radius 2 is 2.29 bits per heavy atom. The van der Waals surface area contributed by atoms with E-state index in [0.717, 1.165) is 11.3 Å². The van der Waals surface area contributed by atoms with E-state index in [1.54, 1.807) is 23.1 Å². The van der Waals surface area contributed by atoms with Gasteiger partial charge in [-0.1, -0.05) is 16.8 Å². The van der Waals surface area contributed by atoms with Crippen LogP contribution in [0.3, 0.4) is 0 Å². The molecule has 0 saturated carbocycles. The SMILES string of the molecule is NCc1cc(-n2ccnn2)ccc1Cl. The van der Waals surface area contributed by atoms with E-state index in [4.69, 9.17) is 17.3 Å². The van der Waals surface area contributed by atoms with E-state index in [1.807, 2.05) is 12.1 Å². The number of hydrogen-bond donors (Lipinski definition) is 1. The molecule has 1 aromatic carbocycles. The second-order valence-corrected chi connectivity index (χ2v) is 3.23. The standard InChI is InChI=1S/C9H9ClN4/c10-9-2-1-8(5-7(9)6-11)14-4-3-12-13-14/h1-5H,6,11H2. The van der Waals surface area contributed by atoms with Crippen molar-refractivity contribution >= 4 is 11.6 Å². The highest BCUT2D eigenvalue weighted by molar-refractivity contribution is 6.31. The minimum absolute atomic E-state index is 0.418. The first-order valence-corrected chi connectivity index (χ1v) is 4.54. The molecular formula is C9H9ClN4. The zero-order valence-electron chi connectivity index (χ0n) is 7.39. The quantitative estimate of drug-likeness (QED) is 0.811. The fourth-order valence-corrected chi connectivity index (χ4v) is 1.40. The predicted molar refractivity (Wildman–Crippen MR) is 54.3 cm³/mol. The first-order valence-electron chi connectivity index (χ1n) is 4.16. The summed E-state index contributed by atoms with van der Waals surface area (Å²) in [6.45, 7) is 0.418. The molecule has 0 fully saturated rings. The van der Waals surface area contributed by atoms with Gasteiger partial charge in [0.2, 0.25) is 0 Å². The van der Waals surface area contributed by atoms with Crippen molar-refractivity contribution in [1.29, 1.82) is 0 Å². The Bertz CT molecular complexity index is 424. The number of nitrogens with two attached hydrogens (primary N) is 1. The van der Waals surface area contributed by atoms with Crippen LogP contribution in [0.25, 0.3) is 5.69 Å². The van der Waals surface area contributed by atoms with E-state index in [1.165, 1.54) is 0 Å². The smallest absolute Gasteiger partial charge is 0.0697 e. The van der Waals surface area contributed by atoms with Crippen molar-refractivity contribution < 1.29 is 0 Å². The summed E-state index contributed by atoms with van der Waals surface area (Å²) in [5.74, 6) is 0.